The smallest absolute Gasteiger partial charge is 0.329 e. The fraction of sp³-hybridized carbons (Fsp3) is 0.148. The van der Waals surface area contributed by atoms with Crippen molar-refractivity contribution in [3.8, 4) is 17.2 Å². The Hall–Kier alpha value is -4.02. The number of nitrogens with one attached hydrogen (secondary N) is 2. The Morgan fingerprint density at radius 1 is 1.05 bits per heavy atom. The molecule has 1 saturated heterocycles. The van der Waals surface area contributed by atoms with Gasteiger partial charge in [-0.05, 0) is 69.5 Å². The Kier molecular flexibility index (Phi) is 8.55. The summed E-state index contributed by atoms with van der Waals surface area (Å²) in [5.74, 6) is 0.166. The molecule has 0 bridgehead atoms. The molecule has 11 heteroatoms. The number of hydrogen-bond acceptors (Lipinski definition) is 6. The summed E-state index contributed by atoms with van der Waals surface area (Å²) in [5, 5.41) is 5.79. The average molecular weight is 601 g/mol. The van der Waals surface area contributed by atoms with Gasteiger partial charge >= 0.3 is 6.03 Å². The van der Waals surface area contributed by atoms with E-state index in [-0.39, 0.29) is 12.3 Å². The second-order valence-electron chi connectivity index (χ2n) is 8.08. The molecule has 4 amide bonds. The minimum Gasteiger partial charge on any atom is -0.495 e. The normalized spacial score (nSPS) is 13.9. The highest BCUT2D eigenvalue weighted by Gasteiger charge is 2.35. The van der Waals surface area contributed by atoms with Gasteiger partial charge in [-0.1, -0.05) is 35.9 Å². The van der Waals surface area contributed by atoms with Crippen LogP contribution in [0.4, 0.5) is 10.5 Å². The fourth-order valence-electron chi connectivity index (χ4n) is 3.66. The molecule has 1 fully saturated rings. The molecule has 4 rings (SSSR count). The molecule has 0 aromatic heterocycles. The van der Waals surface area contributed by atoms with E-state index in [2.05, 4.69) is 26.6 Å². The maximum absolute atomic E-state index is 12.9. The van der Waals surface area contributed by atoms with Crippen LogP contribution in [0.2, 0.25) is 5.02 Å². The Morgan fingerprint density at radius 3 is 2.47 bits per heavy atom. The van der Waals surface area contributed by atoms with Crippen LogP contribution >= 0.6 is 27.5 Å². The summed E-state index contributed by atoms with van der Waals surface area (Å²) in [6.45, 7) is -0.183. The molecule has 0 spiro atoms. The van der Waals surface area contributed by atoms with E-state index < -0.39 is 24.4 Å². The van der Waals surface area contributed by atoms with Crippen molar-refractivity contribution in [1.29, 1.82) is 0 Å². The zero-order valence-electron chi connectivity index (χ0n) is 20.4. The van der Waals surface area contributed by atoms with Gasteiger partial charge in [-0.25, -0.2) is 9.69 Å². The SMILES string of the molecule is COc1ccccc1NC(=O)CN1C(=O)N/C(=C/c2cc(Br)c(OCc3ccc(Cl)cc3)c(OC)c2)C1=O. The maximum Gasteiger partial charge on any atom is 0.329 e. The number of ether oxygens (including phenoxy) is 3. The number of anilines is 1. The standard InChI is InChI=1S/C27H23BrClN3O6/c1-36-22-6-4-3-5-20(22)30-24(33)14-32-26(34)21(31-27(32)35)12-17-11-19(28)25(23(13-17)37-2)38-15-16-7-9-18(29)10-8-16/h3-13H,14-15H2,1-2H3,(H,30,33)(H,31,35)/b21-12+. The zero-order valence-corrected chi connectivity index (χ0v) is 22.8. The summed E-state index contributed by atoms with van der Waals surface area (Å²) in [6.07, 6.45) is 1.49. The lowest BCUT2D eigenvalue weighted by molar-refractivity contribution is -0.127. The van der Waals surface area contributed by atoms with E-state index in [0.717, 1.165) is 10.5 Å². The van der Waals surface area contributed by atoms with Gasteiger partial charge in [0.25, 0.3) is 5.91 Å². The van der Waals surface area contributed by atoms with Gasteiger partial charge in [0.05, 0.1) is 24.4 Å². The third kappa shape index (κ3) is 6.27. The van der Waals surface area contributed by atoms with Gasteiger partial charge in [-0.2, -0.15) is 0 Å². The lowest BCUT2D eigenvalue weighted by atomic mass is 10.1. The largest absolute Gasteiger partial charge is 0.495 e. The van der Waals surface area contributed by atoms with Gasteiger partial charge in [-0.3, -0.25) is 9.59 Å². The first kappa shape index (κ1) is 27.0. The summed E-state index contributed by atoms with van der Waals surface area (Å²) in [5.41, 5.74) is 1.93. The summed E-state index contributed by atoms with van der Waals surface area (Å²) in [4.78, 5) is 38.7. The maximum atomic E-state index is 12.9. The van der Waals surface area contributed by atoms with Crippen molar-refractivity contribution >= 4 is 57.1 Å². The molecular formula is C27H23BrClN3O6. The Morgan fingerprint density at radius 2 is 1.76 bits per heavy atom. The van der Waals surface area contributed by atoms with Crippen molar-refractivity contribution in [1.82, 2.24) is 10.2 Å². The van der Waals surface area contributed by atoms with Crippen LogP contribution in [0.15, 0.2) is 70.8 Å². The average Bonchev–Trinajstić information content (AvgIpc) is 3.16. The molecular weight excluding hydrogens is 578 g/mol. The molecule has 0 aliphatic carbocycles. The second-order valence-corrected chi connectivity index (χ2v) is 9.37. The molecule has 3 aromatic rings. The molecule has 196 valence electrons. The number of hydrogen-bond donors (Lipinski definition) is 2. The molecule has 0 saturated carbocycles. The molecule has 1 aliphatic heterocycles. The Labute approximate surface area is 232 Å². The molecule has 0 unspecified atom stereocenters. The van der Waals surface area contributed by atoms with Crippen LogP contribution < -0.4 is 24.8 Å². The highest BCUT2D eigenvalue weighted by molar-refractivity contribution is 9.10. The van der Waals surface area contributed by atoms with Crippen LogP contribution in [-0.4, -0.2) is 43.5 Å². The highest BCUT2D eigenvalue weighted by atomic mass is 79.9. The molecule has 0 atom stereocenters. The Balaban J connectivity index is 1.47. The van der Waals surface area contributed by atoms with Gasteiger partial charge in [-0.15, -0.1) is 0 Å². The summed E-state index contributed by atoms with van der Waals surface area (Å²) >= 11 is 9.42. The number of urea groups is 1. The van der Waals surface area contributed by atoms with E-state index in [9.17, 15) is 14.4 Å². The molecule has 1 heterocycles. The number of carbonyl (C=O) groups is 3. The van der Waals surface area contributed by atoms with Crippen molar-refractivity contribution < 1.29 is 28.6 Å². The van der Waals surface area contributed by atoms with Crippen molar-refractivity contribution in [3.05, 3.63) is 87.0 Å². The number of imide groups is 1. The van der Waals surface area contributed by atoms with Gasteiger partial charge in [0, 0.05) is 5.02 Å². The minimum absolute atomic E-state index is 0.0175. The summed E-state index contributed by atoms with van der Waals surface area (Å²) in [7, 11) is 2.98. The van der Waals surface area contributed by atoms with Gasteiger partial charge < -0.3 is 24.8 Å². The fourth-order valence-corrected chi connectivity index (χ4v) is 4.36. The van der Waals surface area contributed by atoms with Gasteiger partial charge in [0.1, 0.15) is 24.6 Å². The van der Waals surface area contributed by atoms with Crippen LogP contribution in [0.3, 0.4) is 0 Å². The second kappa shape index (κ2) is 12.0. The van der Waals surface area contributed by atoms with E-state index in [1.807, 2.05) is 12.1 Å². The van der Waals surface area contributed by atoms with Crippen LogP contribution in [0, 0.1) is 0 Å². The van der Waals surface area contributed by atoms with Gasteiger partial charge in [0.15, 0.2) is 11.5 Å². The number of benzene rings is 3. The van der Waals surface area contributed by atoms with Crippen molar-refractivity contribution in [3.63, 3.8) is 0 Å². The number of nitrogens with zero attached hydrogens (tertiary/aromatic N) is 1. The van der Waals surface area contributed by atoms with Crippen molar-refractivity contribution in [2.45, 2.75) is 6.61 Å². The van der Waals surface area contributed by atoms with Crippen LogP contribution in [0.5, 0.6) is 17.2 Å². The van der Waals surface area contributed by atoms with Crippen molar-refractivity contribution in [2.75, 3.05) is 26.1 Å². The minimum atomic E-state index is -0.703. The number of halogens is 2. The Bertz CT molecular complexity index is 1410. The monoisotopic (exact) mass is 599 g/mol. The summed E-state index contributed by atoms with van der Waals surface area (Å²) < 4.78 is 17.2. The van der Waals surface area contributed by atoms with Crippen LogP contribution in [0.1, 0.15) is 11.1 Å². The first-order valence-corrected chi connectivity index (χ1v) is 12.5. The number of rotatable bonds is 9. The molecule has 0 radical (unpaired) electrons. The third-order valence-corrected chi connectivity index (χ3v) is 6.35. The predicted molar refractivity (Wildman–Crippen MR) is 146 cm³/mol. The lowest BCUT2D eigenvalue weighted by Gasteiger charge is -2.14. The molecule has 1 aliphatic rings. The number of amides is 4. The van der Waals surface area contributed by atoms with E-state index in [1.165, 1.54) is 20.3 Å². The number of para-hydroxylation sites is 2. The van der Waals surface area contributed by atoms with E-state index in [1.54, 1.807) is 48.5 Å². The third-order valence-electron chi connectivity index (χ3n) is 5.50. The number of methoxy groups -OCH3 is 2. The van der Waals surface area contributed by atoms with Crippen molar-refractivity contribution in [2.24, 2.45) is 0 Å². The quantitative estimate of drug-likeness (QED) is 0.257. The highest BCUT2D eigenvalue weighted by Crippen LogP contribution is 2.38. The first-order valence-electron chi connectivity index (χ1n) is 11.3. The van der Waals surface area contributed by atoms with E-state index in [0.29, 0.717) is 38.0 Å². The van der Waals surface area contributed by atoms with E-state index in [4.69, 9.17) is 25.8 Å². The van der Waals surface area contributed by atoms with E-state index >= 15 is 0 Å². The molecule has 9 nitrogen and oxygen atoms in total. The lowest BCUT2D eigenvalue weighted by Crippen LogP contribution is -2.38. The summed E-state index contributed by atoms with van der Waals surface area (Å²) in [6, 6.07) is 16.8. The molecule has 2 N–H and O–H groups in total. The van der Waals surface area contributed by atoms with Crippen LogP contribution in [0.25, 0.3) is 6.08 Å². The van der Waals surface area contributed by atoms with Crippen LogP contribution in [-0.2, 0) is 16.2 Å². The number of carbonyl (C=O) groups excluding carboxylic acids is 3. The topological polar surface area (TPSA) is 106 Å². The van der Waals surface area contributed by atoms with Gasteiger partial charge in [0.2, 0.25) is 5.91 Å². The molecule has 38 heavy (non-hydrogen) atoms. The predicted octanol–water partition coefficient (Wildman–Crippen LogP) is 5.23. The molecule has 3 aromatic carbocycles. The first-order chi connectivity index (χ1) is 18.3. The zero-order chi connectivity index (χ0) is 27.2.